The summed E-state index contributed by atoms with van der Waals surface area (Å²) in [5.41, 5.74) is 2.67. The number of thiophene rings is 1. The fourth-order valence-corrected chi connectivity index (χ4v) is 3.38. The van der Waals surface area contributed by atoms with Gasteiger partial charge in [0.1, 0.15) is 17.6 Å². The van der Waals surface area contributed by atoms with E-state index in [1.54, 1.807) is 30.6 Å². The molecule has 1 aromatic carbocycles. The molecule has 3 aromatic heterocycles. The molecule has 0 saturated heterocycles. The molecule has 3 heterocycles. The van der Waals surface area contributed by atoms with Gasteiger partial charge in [-0.25, -0.2) is 0 Å². The summed E-state index contributed by atoms with van der Waals surface area (Å²) in [5, 5.41) is 18.9. The Morgan fingerprint density at radius 2 is 1.96 bits per heavy atom. The molecule has 0 bridgehead atoms. The molecule has 4 aromatic rings. The first-order valence-electron chi connectivity index (χ1n) is 7.54. The van der Waals surface area contributed by atoms with Crippen molar-refractivity contribution < 1.29 is 40.7 Å². The van der Waals surface area contributed by atoms with Crippen molar-refractivity contribution in [2.75, 3.05) is 0 Å². The van der Waals surface area contributed by atoms with Gasteiger partial charge in [-0.3, -0.25) is 16.3 Å². The van der Waals surface area contributed by atoms with Gasteiger partial charge in [0.05, 0.1) is 0 Å². The van der Waals surface area contributed by atoms with E-state index >= 15 is 0 Å². The monoisotopic (exact) mass is 605 g/mol. The van der Waals surface area contributed by atoms with Crippen LogP contribution in [0.5, 0.6) is 0 Å². The number of nitrogens with zero attached hydrogens (tertiary/aromatic N) is 2. The van der Waals surface area contributed by atoms with Crippen LogP contribution in [-0.2, 0) is 0 Å². The maximum absolute atomic E-state index is 11.0. The Hall–Kier alpha value is -1.42. The molecular formula is C19H12ClN2O2SU-. The van der Waals surface area contributed by atoms with Crippen LogP contribution in [0.25, 0.3) is 21.9 Å². The average molecular weight is 606 g/mol. The number of benzene rings is 1. The third-order valence-corrected chi connectivity index (χ3v) is 4.86. The van der Waals surface area contributed by atoms with E-state index in [4.69, 9.17) is 16.1 Å². The van der Waals surface area contributed by atoms with Gasteiger partial charge in [-0.2, -0.15) is 12.1 Å². The summed E-state index contributed by atoms with van der Waals surface area (Å²) >= 11 is 7.39. The van der Waals surface area contributed by atoms with Crippen LogP contribution in [0.4, 0.5) is 0 Å². The number of aromatic nitrogens is 2. The maximum atomic E-state index is 11.0. The van der Waals surface area contributed by atoms with E-state index in [0.717, 1.165) is 10.4 Å². The Labute approximate surface area is 183 Å². The largest absolute Gasteiger partial charge is 0.383 e. The van der Waals surface area contributed by atoms with E-state index in [1.807, 2.05) is 30.3 Å². The van der Waals surface area contributed by atoms with Gasteiger partial charge in [-0.05, 0) is 18.2 Å². The molecule has 0 aliphatic carbocycles. The number of aliphatic hydroxyl groups is 1. The molecule has 1 N–H and O–H groups in total. The van der Waals surface area contributed by atoms with E-state index in [9.17, 15) is 5.11 Å². The van der Waals surface area contributed by atoms with Crippen LogP contribution >= 0.6 is 22.9 Å². The SMILES string of the molecule is OC(c1cccnc1)c1c(-c2ccc(Cl)cc2)noc1-c1cc[c-]s1.[U]. The number of rotatable bonds is 4. The van der Waals surface area contributed by atoms with E-state index in [-0.39, 0.29) is 31.1 Å². The summed E-state index contributed by atoms with van der Waals surface area (Å²) < 4.78 is 5.59. The number of pyridine rings is 1. The van der Waals surface area contributed by atoms with Crippen molar-refractivity contribution in [3.05, 3.63) is 82.5 Å². The summed E-state index contributed by atoms with van der Waals surface area (Å²) in [4.78, 5) is 4.94. The molecular weight excluding hydrogens is 594 g/mol. The molecule has 128 valence electrons. The molecule has 1 atom stereocenters. The topological polar surface area (TPSA) is 59.2 Å². The van der Waals surface area contributed by atoms with Gasteiger partial charge >= 0.3 is 0 Å². The molecule has 1 unspecified atom stereocenters. The average Bonchev–Trinajstić information content (AvgIpc) is 3.32. The maximum Gasteiger partial charge on any atom is 0.119 e. The molecule has 0 amide bonds. The third kappa shape index (κ3) is 3.80. The Morgan fingerprint density at radius 3 is 2.62 bits per heavy atom. The molecule has 0 radical (unpaired) electrons. The number of halogens is 1. The third-order valence-electron chi connectivity index (χ3n) is 3.81. The van der Waals surface area contributed by atoms with Gasteiger partial charge in [0.2, 0.25) is 0 Å². The molecule has 0 aliphatic heterocycles. The zero-order valence-corrected chi connectivity index (χ0v) is 19.1. The first-order valence-corrected chi connectivity index (χ1v) is 8.73. The molecule has 7 heteroatoms. The van der Waals surface area contributed by atoms with E-state index < -0.39 is 6.10 Å². The quantitative estimate of drug-likeness (QED) is 0.333. The second-order valence-corrected chi connectivity index (χ2v) is 6.70. The summed E-state index contributed by atoms with van der Waals surface area (Å²) in [6.07, 6.45) is 2.38. The second-order valence-electron chi connectivity index (χ2n) is 5.39. The second kappa shape index (κ2) is 8.51. The van der Waals surface area contributed by atoms with Gasteiger partial charge in [0, 0.05) is 65.2 Å². The fourth-order valence-electron chi connectivity index (χ4n) is 2.61. The van der Waals surface area contributed by atoms with Gasteiger partial charge in [-0.15, -0.1) is 5.38 Å². The van der Waals surface area contributed by atoms with Crippen molar-refractivity contribution >= 4 is 22.9 Å². The minimum absolute atomic E-state index is 0. The molecule has 0 aliphatic rings. The van der Waals surface area contributed by atoms with Crippen molar-refractivity contribution in [3.8, 4) is 21.9 Å². The van der Waals surface area contributed by atoms with Gasteiger partial charge in [-0.1, -0.05) is 39.8 Å². The van der Waals surface area contributed by atoms with Gasteiger partial charge < -0.3 is 9.63 Å². The standard InChI is InChI=1S/C19H12ClN2O2S.U/c20-14-7-5-12(6-8-14)17-16(18(23)13-3-1-9-21-11-13)19(24-22-17)15-4-2-10-25-15;/h1-9,11,18,23H;/q-1;. The first kappa shape index (κ1) is 19.3. The van der Waals surface area contributed by atoms with Crippen molar-refractivity contribution in [1.82, 2.24) is 10.1 Å². The van der Waals surface area contributed by atoms with Crippen LogP contribution in [0.3, 0.4) is 0 Å². The van der Waals surface area contributed by atoms with Crippen molar-refractivity contribution in [2.45, 2.75) is 6.10 Å². The summed E-state index contributed by atoms with van der Waals surface area (Å²) in [6, 6.07) is 14.6. The van der Waals surface area contributed by atoms with E-state index in [0.29, 0.717) is 27.6 Å². The number of hydrogen-bond acceptors (Lipinski definition) is 5. The van der Waals surface area contributed by atoms with Crippen molar-refractivity contribution in [3.63, 3.8) is 0 Å². The summed E-state index contributed by atoms with van der Waals surface area (Å²) in [6.45, 7) is 0. The van der Waals surface area contributed by atoms with Crippen molar-refractivity contribution in [2.24, 2.45) is 0 Å². The smallest absolute Gasteiger partial charge is 0.119 e. The molecule has 4 nitrogen and oxygen atoms in total. The predicted molar refractivity (Wildman–Crippen MR) is 97.4 cm³/mol. The van der Waals surface area contributed by atoms with Crippen LogP contribution in [0, 0.1) is 36.5 Å². The fraction of sp³-hybridized carbons (Fsp3) is 0.0526. The van der Waals surface area contributed by atoms with Crippen LogP contribution in [0.15, 0.2) is 65.4 Å². The molecule has 4 rings (SSSR count). The van der Waals surface area contributed by atoms with E-state index in [1.165, 1.54) is 11.3 Å². The Morgan fingerprint density at radius 1 is 1.15 bits per heavy atom. The minimum atomic E-state index is -0.914. The minimum Gasteiger partial charge on any atom is -0.383 e. The predicted octanol–water partition coefficient (Wildman–Crippen LogP) is 5.00. The summed E-state index contributed by atoms with van der Waals surface area (Å²) in [7, 11) is 0. The number of aliphatic hydroxyl groups excluding tert-OH is 1. The van der Waals surface area contributed by atoms with Gasteiger partial charge in [0.15, 0.2) is 0 Å². The van der Waals surface area contributed by atoms with Crippen LogP contribution in [0.1, 0.15) is 17.2 Å². The molecule has 0 fully saturated rings. The summed E-state index contributed by atoms with van der Waals surface area (Å²) in [5.74, 6) is 0.535. The van der Waals surface area contributed by atoms with Crippen LogP contribution < -0.4 is 0 Å². The molecule has 26 heavy (non-hydrogen) atoms. The van der Waals surface area contributed by atoms with Crippen LogP contribution in [0.2, 0.25) is 5.02 Å². The Bertz CT molecular complexity index is 973. The van der Waals surface area contributed by atoms with E-state index in [2.05, 4.69) is 15.5 Å². The first-order chi connectivity index (χ1) is 12.2. The van der Waals surface area contributed by atoms with Gasteiger partial charge in [0.25, 0.3) is 0 Å². The molecule has 0 spiro atoms. The normalized spacial score (nSPS) is 11.8. The zero-order chi connectivity index (χ0) is 17.2. The number of hydrogen-bond donors (Lipinski definition) is 1. The van der Waals surface area contributed by atoms with Crippen molar-refractivity contribution in [1.29, 1.82) is 0 Å². The Kier molecular flexibility index (Phi) is 6.34. The molecule has 0 saturated carbocycles. The Balaban J connectivity index is 0.00000196. The zero-order valence-electron chi connectivity index (χ0n) is 13.4. The van der Waals surface area contributed by atoms with Crippen LogP contribution in [-0.4, -0.2) is 15.2 Å².